The minimum atomic E-state index is 0.347. The molecule has 0 bridgehead atoms. The second kappa shape index (κ2) is 6.16. The Labute approximate surface area is 129 Å². The Morgan fingerprint density at radius 3 is 3.32 bits per heavy atom. The van der Waals surface area contributed by atoms with Gasteiger partial charge in [0, 0.05) is 62.3 Å². The molecule has 0 spiro atoms. The standard InChI is InChI=1S/C16H21N5O/c1-2-12(8-17-4-1)16-9-18-5-6-21(16)10-15-13-11-22-7-3-14(13)19-20-15/h1-2,4,8,16,18H,3,5-7,9-11H2,(H,19,20). The lowest BCUT2D eigenvalue weighted by Crippen LogP contribution is -2.45. The molecule has 116 valence electrons. The average Bonchev–Trinajstić information content (AvgIpc) is 2.99. The van der Waals surface area contributed by atoms with E-state index in [1.165, 1.54) is 16.8 Å². The molecule has 22 heavy (non-hydrogen) atoms. The molecule has 0 aliphatic carbocycles. The number of nitrogens with one attached hydrogen (secondary N) is 2. The molecule has 4 heterocycles. The minimum absolute atomic E-state index is 0.347. The number of rotatable bonds is 3. The maximum atomic E-state index is 5.59. The van der Waals surface area contributed by atoms with Crippen LogP contribution in [-0.4, -0.2) is 46.3 Å². The molecule has 1 unspecified atom stereocenters. The number of hydrogen-bond acceptors (Lipinski definition) is 5. The number of H-pyrrole nitrogens is 1. The van der Waals surface area contributed by atoms with Gasteiger partial charge in [0.15, 0.2) is 0 Å². The van der Waals surface area contributed by atoms with Crippen LogP contribution in [0.4, 0.5) is 0 Å². The topological polar surface area (TPSA) is 66.1 Å². The molecule has 1 atom stereocenters. The first-order valence-electron chi connectivity index (χ1n) is 7.89. The van der Waals surface area contributed by atoms with Crippen LogP contribution in [0, 0.1) is 0 Å². The van der Waals surface area contributed by atoms with Crippen molar-refractivity contribution in [3.05, 3.63) is 47.0 Å². The van der Waals surface area contributed by atoms with E-state index < -0.39 is 0 Å². The SMILES string of the molecule is c1cncc(C2CNCCN2Cc2n[nH]c3c2COCC3)c1. The molecule has 1 fully saturated rings. The Kier molecular flexibility index (Phi) is 3.88. The lowest BCUT2D eigenvalue weighted by Gasteiger charge is -2.36. The van der Waals surface area contributed by atoms with Crippen LogP contribution < -0.4 is 5.32 Å². The summed E-state index contributed by atoms with van der Waals surface area (Å²) >= 11 is 0. The average molecular weight is 299 g/mol. The van der Waals surface area contributed by atoms with E-state index in [0.717, 1.165) is 44.9 Å². The van der Waals surface area contributed by atoms with Crippen molar-refractivity contribution in [2.24, 2.45) is 0 Å². The van der Waals surface area contributed by atoms with Crippen molar-refractivity contribution < 1.29 is 4.74 Å². The van der Waals surface area contributed by atoms with E-state index in [1.807, 2.05) is 18.5 Å². The number of aromatic amines is 1. The third-order valence-electron chi connectivity index (χ3n) is 4.56. The molecule has 0 amide bonds. The summed E-state index contributed by atoms with van der Waals surface area (Å²) in [7, 11) is 0. The second-order valence-electron chi connectivity index (χ2n) is 5.91. The fourth-order valence-corrected chi connectivity index (χ4v) is 3.33. The number of nitrogens with zero attached hydrogens (tertiary/aromatic N) is 3. The van der Waals surface area contributed by atoms with Crippen LogP contribution in [0.25, 0.3) is 0 Å². The van der Waals surface area contributed by atoms with Crippen LogP contribution >= 0.6 is 0 Å². The molecule has 2 aromatic rings. The third kappa shape index (κ3) is 2.65. The fraction of sp³-hybridized carbons (Fsp3) is 0.500. The van der Waals surface area contributed by atoms with Crippen molar-refractivity contribution >= 4 is 0 Å². The van der Waals surface area contributed by atoms with Gasteiger partial charge in [-0.3, -0.25) is 15.0 Å². The summed E-state index contributed by atoms with van der Waals surface area (Å²) in [5, 5.41) is 11.2. The Morgan fingerprint density at radius 2 is 2.41 bits per heavy atom. The molecular formula is C16H21N5O. The van der Waals surface area contributed by atoms with Crippen LogP contribution in [0.15, 0.2) is 24.5 Å². The zero-order valence-electron chi connectivity index (χ0n) is 12.6. The monoisotopic (exact) mass is 299 g/mol. The molecule has 2 aromatic heterocycles. The van der Waals surface area contributed by atoms with Crippen molar-refractivity contribution in [1.82, 2.24) is 25.4 Å². The van der Waals surface area contributed by atoms with Gasteiger partial charge in [-0.15, -0.1) is 0 Å². The normalized spacial score (nSPS) is 22.5. The van der Waals surface area contributed by atoms with Gasteiger partial charge in [-0.25, -0.2) is 0 Å². The first kappa shape index (κ1) is 13.9. The summed E-state index contributed by atoms with van der Waals surface area (Å²) in [5.41, 5.74) is 4.89. The first-order chi connectivity index (χ1) is 10.9. The number of aromatic nitrogens is 3. The van der Waals surface area contributed by atoms with Crippen molar-refractivity contribution in [3.63, 3.8) is 0 Å². The van der Waals surface area contributed by atoms with Gasteiger partial charge < -0.3 is 10.1 Å². The Balaban J connectivity index is 1.56. The summed E-state index contributed by atoms with van der Waals surface area (Å²) in [6.07, 6.45) is 4.73. The molecule has 0 saturated carbocycles. The molecule has 0 radical (unpaired) electrons. The van der Waals surface area contributed by atoms with E-state index in [-0.39, 0.29) is 0 Å². The van der Waals surface area contributed by atoms with Crippen LogP contribution in [-0.2, 0) is 24.3 Å². The third-order valence-corrected chi connectivity index (χ3v) is 4.56. The maximum absolute atomic E-state index is 5.59. The predicted octanol–water partition coefficient (Wildman–Crippen LogP) is 1.02. The Bertz CT molecular complexity index is 627. The molecule has 4 rings (SSSR count). The molecule has 6 heteroatoms. The Morgan fingerprint density at radius 1 is 1.41 bits per heavy atom. The lowest BCUT2D eigenvalue weighted by atomic mass is 10.0. The zero-order valence-corrected chi connectivity index (χ0v) is 12.6. The number of piperazine rings is 1. The van der Waals surface area contributed by atoms with E-state index in [2.05, 4.69) is 31.5 Å². The second-order valence-corrected chi connectivity index (χ2v) is 5.91. The summed E-state index contributed by atoms with van der Waals surface area (Å²) in [4.78, 5) is 6.75. The van der Waals surface area contributed by atoms with E-state index in [1.54, 1.807) is 0 Å². The minimum Gasteiger partial charge on any atom is -0.376 e. The summed E-state index contributed by atoms with van der Waals surface area (Å²) < 4.78 is 5.59. The highest BCUT2D eigenvalue weighted by atomic mass is 16.5. The van der Waals surface area contributed by atoms with Gasteiger partial charge in [-0.05, 0) is 11.6 Å². The molecule has 6 nitrogen and oxygen atoms in total. The van der Waals surface area contributed by atoms with E-state index in [9.17, 15) is 0 Å². The molecule has 2 aliphatic rings. The smallest absolute Gasteiger partial charge is 0.0820 e. The van der Waals surface area contributed by atoms with E-state index in [4.69, 9.17) is 4.74 Å². The van der Waals surface area contributed by atoms with Gasteiger partial charge in [-0.2, -0.15) is 5.10 Å². The molecule has 0 aromatic carbocycles. The van der Waals surface area contributed by atoms with E-state index in [0.29, 0.717) is 12.6 Å². The summed E-state index contributed by atoms with van der Waals surface area (Å²) in [5.74, 6) is 0. The number of fused-ring (bicyclic) bond motifs is 1. The summed E-state index contributed by atoms with van der Waals surface area (Å²) in [6, 6.07) is 4.51. The number of hydrogen-bond donors (Lipinski definition) is 2. The van der Waals surface area contributed by atoms with Crippen LogP contribution in [0.1, 0.15) is 28.6 Å². The Hall–Kier alpha value is -1.76. The van der Waals surface area contributed by atoms with Crippen LogP contribution in [0.2, 0.25) is 0 Å². The maximum Gasteiger partial charge on any atom is 0.0820 e. The van der Waals surface area contributed by atoms with Gasteiger partial charge in [-0.1, -0.05) is 6.07 Å². The van der Waals surface area contributed by atoms with E-state index >= 15 is 0 Å². The van der Waals surface area contributed by atoms with Crippen LogP contribution in [0.3, 0.4) is 0 Å². The highest BCUT2D eigenvalue weighted by molar-refractivity contribution is 5.27. The quantitative estimate of drug-likeness (QED) is 0.886. The molecule has 1 saturated heterocycles. The number of pyridine rings is 1. The summed E-state index contributed by atoms with van der Waals surface area (Å²) in [6.45, 7) is 5.32. The molecule has 2 N–H and O–H groups in total. The zero-order chi connectivity index (χ0) is 14.8. The van der Waals surface area contributed by atoms with Crippen LogP contribution in [0.5, 0.6) is 0 Å². The van der Waals surface area contributed by atoms with Crippen molar-refractivity contribution in [3.8, 4) is 0 Å². The van der Waals surface area contributed by atoms with Gasteiger partial charge in [0.2, 0.25) is 0 Å². The van der Waals surface area contributed by atoms with Crippen molar-refractivity contribution in [1.29, 1.82) is 0 Å². The first-order valence-corrected chi connectivity index (χ1v) is 7.89. The molecular weight excluding hydrogens is 278 g/mol. The van der Waals surface area contributed by atoms with Gasteiger partial charge in [0.25, 0.3) is 0 Å². The van der Waals surface area contributed by atoms with Crippen molar-refractivity contribution in [2.75, 3.05) is 26.2 Å². The highest BCUT2D eigenvalue weighted by Crippen LogP contribution is 2.26. The predicted molar refractivity (Wildman–Crippen MR) is 82.2 cm³/mol. The van der Waals surface area contributed by atoms with Crippen molar-refractivity contribution in [2.45, 2.75) is 25.6 Å². The van der Waals surface area contributed by atoms with Gasteiger partial charge in [0.05, 0.1) is 18.9 Å². The fourth-order valence-electron chi connectivity index (χ4n) is 3.33. The van der Waals surface area contributed by atoms with Gasteiger partial charge in [0.1, 0.15) is 0 Å². The number of ether oxygens (including phenoxy) is 1. The molecule has 2 aliphatic heterocycles. The van der Waals surface area contributed by atoms with Gasteiger partial charge >= 0.3 is 0 Å². The highest BCUT2D eigenvalue weighted by Gasteiger charge is 2.26. The lowest BCUT2D eigenvalue weighted by molar-refractivity contribution is 0.107. The largest absolute Gasteiger partial charge is 0.376 e.